The molecule has 0 radical (unpaired) electrons. The van der Waals surface area contributed by atoms with Crippen molar-refractivity contribution in [3.8, 4) is 0 Å². The lowest BCUT2D eigenvalue weighted by atomic mass is 9.96. The van der Waals surface area contributed by atoms with Gasteiger partial charge in [0.1, 0.15) is 0 Å². The summed E-state index contributed by atoms with van der Waals surface area (Å²) < 4.78 is 2.01. The fourth-order valence-electron chi connectivity index (χ4n) is 2.02. The Morgan fingerprint density at radius 2 is 2.19 bits per heavy atom. The number of tetrazole rings is 1. The fraction of sp³-hybridized carbons (Fsp3) is 0.727. The second-order valence-corrected chi connectivity index (χ2v) is 5.39. The molecule has 1 aromatic rings. The molecule has 1 saturated carbocycles. The van der Waals surface area contributed by atoms with Gasteiger partial charge in [-0.05, 0) is 30.2 Å². The highest BCUT2D eigenvalue weighted by Crippen LogP contribution is 2.30. The molecule has 0 saturated heterocycles. The minimum atomic E-state index is 0.511. The maximum Gasteiger partial charge on any atom is 0.209 e. The van der Waals surface area contributed by atoms with Crippen LogP contribution in [0.5, 0.6) is 0 Å². The van der Waals surface area contributed by atoms with Crippen LogP contribution in [0, 0.1) is 0 Å². The molecule has 1 aliphatic rings. The zero-order chi connectivity index (χ0) is 11.4. The van der Waals surface area contributed by atoms with Crippen LogP contribution < -0.4 is 0 Å². The Bertz CT molecular complexity index is 355. The highest BCUT2D eigenvalue weighted by molar-refractivity contribution is 7.99. The van der Waals surface area contributed by atoms with Crippen LogP contribution in [0.1, 0.15) is 45.1 Å². The van der Waals surface area contributed by atoms with Crippen molar-refractivity contribution in [1.29, 1.82) is 0 Å². The van der Waals surface area contributed by atoms with Crippen molar-refractivity contribution in [1.82, 2.24) is 20.2 Å². The van der Waals surface area contributed by atoms with Crippen LogP contribution in [0.4, 0.5) is 0 Å². The maximum atomic E-state index is 4.12. The summed E-state index contributed by atoms with van der Waals surface area (Å²) in [6.07, 6.45) is 6.38. The molecule has 0 aromatic carbocycles. The van der Waals surface area contributed by atoms with Gasteiger partial charge in [-0.25, -0.2) is 4.68 Å². The number of hydrogen-bond donors (Lipinski definition) is 0. The average molecular weight is 238 g/mol. The van der Waals surface area contributed by atoms with Crippen LogP contribution in [-0.2, 0) is 0 Å². The van der Waals surface area contributed by atoms with Gasteiger partial charge in [-0.1, -0.05) is 43.2 Å². The Morgan fingerprint density at radius 3 is 2.88 bits per heavy atom. The molecule has 0 amide bonds. The molecule has 88 valence electrons. The summed E-state index contributed by atoms with van der Waals surface area (Å²) in [5, 5.41) is 12.9. The summed E-state index contributed by atoms with van der Waals surface area (Å²) in [4.78, 5) is 0. The van der Waals surface area contributed by atoms with E-state index in [0.29, 0.717) is 6.04 Å². The molecule has 1 aromatic heterocycles. The molecule has 1 heterocycles. The van der Waals surface area contributed by atoms with Gasteiger partial charge in [0.15, 0.2) is 0 Å². The molecule has 16 heavy (non-hydrogen) atoms. The van der Waals surface area contributed by atoms with Crippen molar-refractivity contribution >= 4 is 11.8 Å². The predicted molar refractivity (Wildman–Crippen MR) is 65.5 cm³/mol. The molecule has 0 atom stereocenters. The van der Waals surface area contributed by atoms with Gasteiger partial charge in [0.25, 0.3) is 0 Å². The van der Waals surface area contributed by atoms with E-state index in [0.717, 1.165) is 16.5 Å². The molecule has 5 heteroatoms. The Morgan fingerprint density at radius 1 is 1.44 bits per heavy atom. The van der Waals surface area contributed by atoms with Crippen molar-refractivity contribution in [2.75, 3.05) is 5.75 Å². The monoisotopic (exact) mass is 238 g/mol. The van der Waals surface area contributed by atoms with Gasteiger partial charge in [0.2, 0.25) is 5.16 Å². The van der Waals surface area contributed by atoms with Crippen LogP contribution in [0.3, 0.4) is 0 Å². The van der Waals surface area contributed by atoms with Crippen molar-refractivity contribution in [2.24, 2.45) is 0 Å². The van der Waals surface area contributed by atoms with Crippen molar-refractivity contribution in [2.45, 2.75) is 50.2 Å². The van der Waals surface area contributed by atoms with E-state index in [2.05, 4.69) is 22.1 Å². The zero-order valence-corrected chi connectivity index (χ0v) is 10.5. The molecule has 0 unspecified atom stereocenters. The van der Waals surface area contributed by atoms with Gasteiger partial charge >= 0.3 is 0 Å². The highest BCUT2D eigenvalue weighted by atomic mass is 32.2. The fourth-order valence-corrected chi connectivity index (χ4v) is 2.81. The minimum absolute atomic E-state index is 0.511. The van der Waals surface area contributed by atoms with Gasteiger partial charge < -0.3 is 0 Å². The lowest BCUT2D eigenvalue weighted by molar-refractivity contribution is 0.307. The Hall–Kier alpha value is -0.840. The lowest BCUT2D eigenvalue weighted by Crippen LogP contribution is -2.15. The standard InChI is InChI=1S/C11H18N4S/c1-9(2)8-16-11-12-13-14-15(11)10-6-4-3-5-7-10/h10H,1,3-8H2,2H3. The molecular weight excluding hydrogens is 220 g/mol. The second kappa shape index (κ2) is 5.48. The molecule has 0 aliphatic heterocycles. The Labute approximate surface area is 100 Å². The van der Waals surface area contributed by atoms with Crippen LogP contribution in [-0.4, -0.2) is 26.0 Å². The first-order valence-corrected chi connectivity index (χ1v) is 6.81. The SMILES string of the molecule is C=C(C)CSc1nnnn1C1CCCCC1. The van der Waals surface area contributed by atoms with Gasteiger partial charge in [-0.2, -0.15) is 0 Å². The van der Waals surface area contributed by atoms with E-state index in [1.807, 2.05) is 11.6 Å². The van der Waals surface area contributed by atoms with Crippen LogP contribution in [0.25, 0.3) is 0 Å². The number of aromatic nitrogens is 4. The molecule has 2 rings (SSSR count). The van der Waals surface area contributed by atoms with Crippen molar-refractivity contribution < 1.29 is 0 Å². The topological polar surface area (TPSA) is 43.6 Å². The summed E-state index contributed by atoms with van der Waals surface area (Å²) in [7, 11) is 0. The first-order chi connectivity index (χ1) is 7.77. The normalized spacial score (nSPS) is 17.6. The van der Waals surface area contributed by atoms with E-state index in [4.69, 9.17) is 0 Å². The molecule has 4 nitrogen and oxygen atoms in total. The highest BCUT2D eigenvalue weighted by Gasteiger charge is 2.19. The van der Waals surface area contributed by atoms with Crippen molar-refractivity contribution in [3.05, 3.63) is 12.2 Å². The third-order valence-corrected chi connectivity index (χ3v) is 3.99. The van der Waals surface area contributed by atoms with E-state index in [-0.39, 0.29) is 0 Å². The van der Waals surface area contributed by atoms with E-state index in [1.54, 1.807) is 11.8 Å². The van der Waals surface area contributed by atoms with E-state index in [1.165, 1.54) is 32.1 Å². The third-order valence-electron chi connectivity index (χ3n) is 2.83. The summed E-state index contributed by atoms with van der Waals surface area (Å²) in [5.41, 5.74) is 1.16. The van der Waals surface area contributed by atoms with Gasteiger partial charge in [0, 0.05) is 5.75 Å². The van der Waals surface area contributed by atoms with Crippen LogP contribution in [0.2, 0.25) is 0 Å². The second-order valence-electron chi connectivity index (χ2n) is 4.44. The molecule has 1 aliphatic carbocycles. The summed E-state index contributed by atoms with van der Waals surface area (Å²) in [6, 6.07) is 0.511. The number of rotatable bonds is 4. The first-order valence-electron chi connectivity index (χ1n) is 5.82. The van der Waals surface area contributed by atoms with E-state index in [9.17, 15) is 0 Å². The predicted octanol–water partition coefficient (Wildman–Crippen LogP) is 2.85. The largest absolute Gasteiger partial charge is 0.217 e. The average Bonchev–Trinajstić information content (AvgIpc) is 2.75. The number of nitrogens with zero attached hydrogens (tertiary/aromatic N) is 4. The zero-order valence-electron chi connectivity index (χ0n) is 9.72. The minimum Gasteiger partial charge on any atom is -0.217 e. The van der Waals surface area contributed by atoms with Gasteiger partial charge in [0.05, 0.1) is 6.04 Å². The molecule has 0 spiro atoms. The molecule has 0 bridgehead atoms. The summed E-state index contributed by atoms with van der Waals surface area (Å²) in [5.74, 6) is 0.896. The van der Waals surface area contributed by atoms with Crippen molar-refractivity contribution in [3.63, 3.8) is 0 Å². The molecular formula is C11H18N4S. The quantitative estimate of drug-likeness (QED) is 0.597. The Kier molecular flexibility index (Phi) is 3.98. The summed E-state index contributed by atoms with van der Waals surface area (Å²) >= 11 is 1.68. The van der Waals surface area contributed by atoms with Crippen LogP contribution in [0.15, 0.2) is 17.3 Å². The Balaban J connectivity index is 2.02. The first kappa shape index (κ1) is 11.6. The number of hydrogen-bond acceptors (Lipinski definition) is 4. The van der Waals surface area contributed by atoms with E-state index >= 15 is 0 Å². The van der Waals surface area contributed by atoms with Gasteiger partial charge in [-0.3, -0.25) is 0 Å². The lowest BCUT2D eigenvalue weighted by Gasteiger charge is -2.21. The number of thioether (sulfide) groups is 1. The van der Waals surface area contributed by atoms with Crippen LogP contribution >= 0.6 is 11.8 Å². The van der Waals surface area contributed by atoms with Gasteiger partial charge in [-0.15, -0.1) is 5.10 Å². The third kappa shape index (κ3) is 2.84. The smallest absolute Gasteiger partial charge is 0.209 e. The summed E-state index contributed by atoms with van der Waals surface area (Å²) in [6.45, 7) is 5.93. The molecule has 0 N–H and O–H groups in total. The maximum absolute atomic E-state index is 4.12. The molecule has 1 fully saturated rings. The van der Waals surface area contributed by atoms with E-state index < -0.39 is 0 Å².